The molecular weight excluding hydrogens is 398 g/mol. The fourth-order valence-electron chi connectivity index (χ4n) is 2.61. The number of hydrogen-bond acceptors (Lipinski definition) is 4. The number of amides is 1. The van der Waals surface area contributed by atoms with Gasteiger partial charge in [-0.15, -0.1) is 0 Å². The van der Waals surface area contributed by atoms with Crippen molar-refractivity contribution in [3.63, 3.8) is 0 Å². The summed E-state index contributed by atoms with van der Waals surface area (Å²) in [5.74, 6) is -0.422. The van der Waals surface area contributed by atoms with Crippen molar-refractivity contribution in [1.29, 1.82) is 0 Å². The van der Waals surface area contributed by atoms with E-state index in [4.69, 9.17) is 23.8 Å². The molecule has 8 heteroatoms. The van der Waals surface area contributed by atoms with E-state index >= 15 is 0 Å². The monoisotopic (exact) mass is 411 g/mol. The summed E-state index contributed by atoms with van der Waals surface area (Å²) in [6.07, 6.45) is 3.08. The topological polar surface area (TPSA) is 84.3 Å². The summed E-state index contributed by atoms with van der Waals surface area (Å²) in [5.41, 5.74) is 0.997. The number of nitro benzene ring substituents is 1. The first-order valence-corrected chi connectivity index (χ1v) is 8.94. The average Bonchev–Trinajstić information content (AvgIpc) is 2.67. The second-order valence-corrected chi connectivity index (χ2v) is 6.58. The number of thiocarbonyl (C=S) groups is 1. The Morgan fingerprint density at radius 1 is 1.11 bits per heavy atom. The summed E-state index contributed by atoms with van der Waals surface area (Å²) in [4.78, 5) is 22.5. The van der Waals surface area contributed by atoms with Crippen LogP contribution >= 0.6 is 23.8 Å². The molecule has 1 amide bonds. The van der Waals surface area contributed by atoms with Crippen molar-refractivity contribution in [2.24, 2.45) is 0 Å². The lowest BCUT2D eigenvalue weighted by Gasteiger charge is -2.08. The van der Waals surface area contributed by atoms with Gasteiger partial charge in [0.05, 0.1) is 4.92 Å². The molecule has 0 spiro atoms. The highest BCUT2D eigenvalue weighted by molar-refractivity contribution is 7.80. The number of fused-ring (bicyclic) bond motifs is 1. The lowest BCUT2D eigenvalue weighted by Crippen LogP contribution is -2.32. The third-order valence-electron chi connectivity index (χ3n) is 3.88. The first-order chi connectivity index (χ1) is 13.4. The molecule has 3 aromatic carbocycles. The first kappa shape index (κ1) is 19.5. The number of halogens is 1. The standard InChI is InChI=1S/C20H14ClN3O3S/c21-17-10-9-15(12-18(17)24(26)27)22-20(28)23-19(25)11-8-14-6-3-5-13-4-1-2-7-16(13)14/h1-12H,(H2,22,23,25,28)/b11-8+. The summed E-state index contributed by atoms with van der Waals surface area (Å²) in [7, 11) is 0. The molecule has 6 nitrogen and oxygen atoms in total. The van der Waals surface area contributed by atoms with Crippen LogP contribution in [0, 0.1) is 10.1 Å². The van der Waals surface area contributed by atoms with Crippen molar-refractivity contribution in [3.8, 4) is 0 Å². The molecule has 0 aliphatic heterocycles. The average molecular weight is 412 g/mol. The van der Waals surface area contributed by atoms with Gasteiger partial charge in [-0.25, -0.2) is 0 Å². The molecule has 0 aromatic heterocycles. The Kier molecular flexibility index (Phi) is 5.98. The van der Waals surface area contributed by atoms with Gasteiger partial charge >= 0.3 is 0 Å². The lowest BCUT2D eigenvalue weighted by molar-refractivity contribution is -0.384. The fraction of sp³-hybridized carbons (Fsp3) is 0. The highest BCUT2D eigenvalue weighted by atomic mass is 35.5. The number of rotatable bonds is 4. The van der Waals surface area contributed by atoms with Crippen molar-refractivity contribution >= 4 is 63.1 Å². The highest BCUT2D eigenvalue weighted by Gasteiger charge is 2.13. The van der Waals surface area contributed by atoms with Gasteiger partial charge in [0.25, 0.3) is 5.69 Å². The van der Waals surface area contributed by atoms with E-state index in [-0.39, 0.29) is 15.8 Å². The molecule has 140 valence electrons. The summed E-state index contributed by atoms with van der Waals surface area (Å²) in [6, 6.07) is 17.8. The maximum atomic E-state index is 12.1. The van der Waals surface area contributed by atoms with Crippen LogP contribution in [0.25, 0.3) is 16.8 Å². The number of carbonyl (C=O) groups excluding carboxylic acids is 1. The molecule has 0 unspecified atom stereocenters. The molecule has 3 aromatic rings. The molecule has 0 fully saturated rings. The third-order valence-corrected chi connectivity index (χ3v) is 4.40. The number of benzene rings is 3. The van der Waals surface area contributed by atoms with Crippen LogP contribution in [0.4, 0.5) is 11.4 Å². The Morgan fingerprint density at radius 3 is 2.64 bits per heavy atom. The molecule has 0 radical (unpaired) electrons. The smallest absolute Gasteiger partial charge is 0.289 e. The summed E-state index contributed by atoms with van der Waals surface area (Å²) >= 11 is 10.9. The van der Waals surface area contributed by atoms with E-state index in [0.29, 0.717) is 5.69 Å². The van der Waals surface area contributed by atoms with Gasteiger partial charge in [-0.05, 0) is 46.8 Å². The quantitative estimate of drug-likeness (QED) is 0.275. The van der Waals surface area contributed by atoms with Crippen molar-refractivity contribution in [3.05, 3.63) is 87.4 Å². The Labute approximate surface area is 171 Å². The Bertz CT molecular complexity index is 1110. The molecule has 0 saturated carbocycles. The molecule has 0 aliphatic carbocycles. The van der Waals surface area contributed by atoms with Crippen LogP contribution in [-0.4, -0.2) is 15.9 Å². The zero-order valence-electron chi connectivity index (χ0n) is 14.4. The number of anilines is 1. The number of nitro groups is 1. The minimum absolute atomic E-state index is 0.0172. The van der Waals surface area contributed by atoms with Crippen LogP contribution in [0.3, 0.4) is 0 Å². The van der Waals surface area contributed by atoms with Crippen LogP contribution in [0.1, 0.15) is 5.56 Å². The first-order valence-electron chi connectivity index (χ1n) is 8.16. The molecule has 0 aliphatic rings. The van der Waals surface area contributed by atoms with Gasteiger partial charge in [0.2, 0.25) is 5.91 Å². The normalized spacial score (nSPS) is 10.8. The Morgan fingerprint density at radius 2 is 1.86 bits per heavy atom. The van der Waals surface area contributed by atoms with Crippen LogP contribution in [-0.2, 0) is 4.79 Å². The minimum Gasteiger partial charge on any atom is -0.332 e. The number of nitrogens with one attached hydrogen (secondary N) is 2. The van der Waals surface area contributed by atoms with Crippen molar-refractivity contribution in [2.75, 3.05) is 5.32 Å². The predicted octanol–water partition coefficient (Wildman–Crippen LogP) is 4.93. The Balaban J connectivity index is 1.66. The van der Waals surface area contributed by atoms with E-state index in [0.717, 1.165) is 16.3 Å². The SMILES string of the molecule is O=C(/C=C/c1cccc2ccccc12)NC(=S)Nc1ccc(Cl)c([N+](=O)[O-])c1. The van der Waals surface area contributed by atoms with E-state index in [1.54, 1.807) is 6.08 Å². The largest absolute Gasteiger partial charge is 0.332 e. The Hall–Kier alpha value is -3.29. The summed E-state index contributed by atoms with van der Waals surface area (Å²) in [5, 5.41) is 18.3. The maximum absolute atomic E-state index is 12.1. The predicted molar refractivity (Wildman–Crippen MR) is 115 cm³/mol. The van der Waals surface area contributed by atoms with Crippen LogP contribution in [0.2, 0.25) is 5.02 Å². The van der Waals surface area contributed by atoms with Crippen molar-refractivity contribution < 1.29 is 9.72 Å². The van der Waals surface area contributed by atoms with E-state index in [1.165, 1.54) is 24.3 Å². The molecule has 0 bridgehead atoms. The van der Waals surface area contributed by atoms with Gasteiger partial charge in [-0.3, -0.25) is 20.2 Å². The molecule has 2 N–H and O–H groups in total. The van der Waals surface area contributed by atoms with Crippen LogP contribution in [0.15, 0.2) is 66.7 Å². The molecular formula is C20H14ClN3O3S. The van der Waals surface area contributed by atoms with Crippen molar-refractivity contribution in [2.45, 2.75) is 0 Å². The van der Waals surface area contributed by atoms with Crippen LogP contribution in [0.5, 0.6) is 0 Å². The molecule has 0 heterocycles. The van der Waals surface area contributed by atoms with Gasteiger partial charge in [0, 0.05) is 17.8 Å². The van der Waals surface area contributed by atoms with Gasteiger partial charge in [0.15, 0.2) is 5.11 Å². The zero-order valence-corrected chi connectivity index (χ0v) is 16.0. The molecule has 3 rings (SSSR count). The fourth-order valence-corrected chi connectivity index (χ4v) is 3.01. The van der Waals surface area contributed by atoms with Crippen molar-refractivity contribution in [1.82, 2.24) is 5.32 Å². The van der Waals surface area contributed by atoms with E-state index in [9.17, 15) is 14.9 Å². The highest BCUT2D eigenvalue weighted by Crippen LogP contribution is 2.27. The molecule has 28 heavy (non-hydrogen) atoms. The minimum atomic E-state index is -0.595. The van der Waals surface area contributed by atoms with E-state index in [1.807, 2.05) is 42.5 Å². The number of carbonyl (C=O) groups is 1. The number of hydrogen-bond donors (Lipinski definition) is 2. The van der Waals surface area contributed by atoms with Gasteiger partial charge < -0.3 is 5.32 Å². The molecule has 0 atom stereocenters. The van der Waals surface area contributed by atoms with E-state index in [2.05, 4.69) is 10.6 Å². The van der Waals surface area contributed by atoms with Crippen LogP contribution < -0.4 is 10.6 Å². The summed E-state index contributed by atoms with van der Waals surface area (Å²) < 4.78 is 0. The summed E-state index contributed by atoms with van der Waals surface area (Å²) in [6.45, 7) is 0. The second-order valence-electron chi connectivity index (χ2n) is 5.77. The van der Waals surface area contributed by atoms with E-state index < -0.39 is 10.8 Å². The number of nitrogens with zero attached hydrogens (tertiary/aromatic N) is 1. The lowest BCUT2D eigenvalue weighted by atomic mass is 10.0. The second kappa shape index (κ2) is 8.60. The van der Waals surface area contributed by atoms with Gasteiger partial charge in [0.1, 0.15) is 5.02 Å². The third kappa shape index (κ3) is 4.70. The zero-order chi connectivity index (χ0) is 20.1. The van der Waals surface area contributed by atoms with Gasteiger partial charge in [-0.1, -0.05) is 54.1 Å². The molecule has 0 saturated heterocycles. The van der Waals surface area contributed by atoms with Gasteiger partial charge in [-0.2, -0.15) is 0 Å². The maximum Gasteiger partial charge on any atom is 0.289 e.